The summed E-state index contributed by atoms with van der Waals surface area (Å²) in [5, 5.41) is 0. The molecule has 1 aromatic heterocycles. The van der Waals surface area contributed by atoms with E-state index >= 15 is 0 Å². The molecule has 0 bridgehead atoms. The minimum atomic E-state index is -4.73. The highest BCUT2D eigenvalue weighted by molar-refractivity contribution is 5.59. The van der Waals surface area contributed by atoms with Gasteiger partial charge < -0.3 is 10.5 Å². The van der Waals surface area contributed by atoms with Crippen molar-refractivity contribution in [2.45, 2.75) is 25.1 Å². The van der Waals surface area contributed by atoms with E-state index in [1.54, 1.807) is 12.1 Å². The summed E-state index contributed by atoms with van der Waals surface area (Å²) in [5.74, 6) is 0.691. The Morgan fingerprint density at radius 1 is 1.14 bits per heavy atom. The number of anilines is 1. The Balaban J connectivity index is 1.94. The number of nitrogen functional groups attached to an aromatic ring is 1. The lowest BCUT2D eigenvalue weighted by molar-refractivity contribution is -0.274. The van der Waals surface area contributed by atoms with E-state index < -0.39 is 6.36 Å². The van der Waals surface area contributed by atoms with Crippen molar-refractivity contribution in [1.29, 1.82) is 0 Å². The maximum absolute atomic E-state index is 12.2. The fourth-order valence-corrected chi connectivity index (χ4v) is 2.04. The second-order valence-corrected chi connectivity index (χ2v) is 4.89. The minimum absolute atomic E-state index is 0.306. The molecule has 1 aromatic carbocycles. The van der Waals surface area contributed by atoms with Crippen LogP contribution < -0.4 is 10.5 Å². The van der Waals surface area contributed by atoms with Crippen LogP contribution in [-0.2, 0) is 0 Å². The highest BCUT2D eigenvalue weighted by atomic mass is 19.4. The van der Waals surface area contributed by atoms with Crippen LogP contribution in [-0.4, -0.2) is 16.3 Å². The molecule has 7 heteroatoms. The lowest BCUT2D eigenvalue weighted by Crippen LogP contribution is -2.17. The van der Waals surface area contributed by atoms with E-state index in [0.29, 0.717) is 23.1 Å². The second kappa shape index (κ2) is 4.91. The van der Waals surface area contributed by atoms with Gasteiger partial charge in [0.1, 0.15) is 11.6 Å². The second-order valence-electron chi connectivity index (χ2n) is 4.89. The van der Waals surface area contributed by atoms with Gasteiger partial charge in [-0.2, -0.15) is 0 Å². The normalized spacial score (nSPS) is 15.0. The predicted molar refractivity (Wildman–Crippen MR) is 70.5 cm³/mol. The third kappa shape index (κ3) is 3.42. The highest BCUT2D eigenvalue weighted by Crippen LogP contribution is 2.40. The summed E-state index contributed by atoms with van der Waals surface area (Å²) in [6, 6.07) is 7.26. The Morgan fingerprint density at radius 2 is 1.90 bits per heavy atom. The fourth-order valence-electron chi connectivity index (χ4n) is 2.04. The quantitative estimate of drug-likeness (QED) is 0.941. The largest absolute Gasteiger partial charge is 0.573 e. The van der Waals surface area contributed by atoms with E-state index in [1.807, 2.05) is 0 Å². The van der Waals surface area contributed by atoms with Crippen LogP contribution in [0.15, 0.2) is 30.3 Å². The Kier molecular flexibility index (Phi) is 3.19. The van der Waals surface area contributed by atoms with Crippen molar-refractivity contribution in [2.75, 3.05) is 5.73 Å². The van der Waals surface area contributed by atoms with Gasteiger partial charge in [0.15, 0.2) is 5.82 Å². The topological polar surface area (TPSA) is 61.0 Å². The first kappa shape index (κ1) is 13.7. The molecular formula is C14H12F3N3O. The summed E-state index contributed by atoms with van der Waals surface area (Å²) in [6.07, 6.45) is -2.63. The molecule has 0 spiro atoms. The van der Waals surface area contributed by atoms with Crippen LogP contribution in [0.1, 0.15) is 24.5 Å². The average molecular weight is 295 g/mol. The molecule has 2 aromatic rings. The molecule has 1 heterocycles. The van der Waals surface area contributed by atoms with Crippen molar-refractivity contribution in [3.05, 3.63) is 36.0 Å². The molecule has 2 N–H and O–H groups in total. The molecule has 0 atom stereocenters. The summed E-state index contributed by atoms with van der Waals surface area (Å²) in [5.41, 5.74) is 7.01. The zero-order chi connectivity index (χ0) is 15.0. The predicted octanol–water partition coefficient (Wildman–Crippen LogP) is 3.50. The Morgan fingerprint density at radius 3 is 2.57 bits per heavy atom. The number of aromatic nitrogens is 2. The number of hydrogen-bond donors (Lipinski definition) is 1. The summed E-state index contributed by atoms with van der Waals surface area (Å²) in [7, 11) is 0. The van der Waals surface area contributed by atoms with E-state index in [0.717, 1.165) is 18.5 Å². The van der Waals surface area contributed by atoms with E-state index in [9.17, 15) is 13.2 Å². The van der Waals surface area contributed by atoms with Gasteiger partial charge in [-0.1, -0.05) is 12.1 Å². The van der Waals surface area contributed by atoms with E-state index in [4.69, 9.17) is 5.73 Å². The first-order valence-electron chi connectivity index (χ1n) is 6.41. The molecule has 1 aliphatic rings. The Bertz CT molecular complexity index is 669. The Hall–Kier alpha value is -2.31. The number of halogens is 3. The standard InChI is InChI=1S/C14H12F3N3O/c15-14(16,17)21-10-3-1-2-9(6-10)13-19-11(8-4-5-8)7-12(18)20-13/h1-3,6-8H,4-5H2,(H2,18,19,20). The summed E-state index contributed by atoms with van der Waals surface area (Å²) >= 11 is 0. The molecule has 0 radical (unpaired) electrons. The van der Waals surface area contributed by atoms with Gasteiger partial charge in [-0.25, -0.2) is 9.97 Å². The summed E-state index contributed by atoms with van der Waals surface area (Å²) in [4.78, 5) is 8.46. The van der Waals surface area contributed by atoms with Gasteiger partial charge in [-0.3, -0.25) is 0 Å². The summed E-state index contributed by atoms with van der Waals surface area (Å²) < 4.78 is 40.6. The van der Waals surface area contributed by atoms with Crippen LogP contribution in [0.4, 0.5) is 19.0 Å². The molecule has 1 saturated carbocycles. The van der Waals surface area contributed by atoms with Crippen LogP contribution in [0.2, 0.25) is 0 Å². The molecule has 0 amide bonds. The van der Waals surface area contributed by atoms with Crippen LogP contribution in [0.5, 0.6) is 5.75 Å². The molecule has 1 aliphatic carbocycles. The van der Waals surface area contributed by atoms with Crippen molar-refractivity contribution in [3.8, 4) is 17.1 Å². The molecular weight excluding hydrogens is 283 g/mol. The number of ether oxygens (including phenoxy) is 1. The van der Waals surface area contributed by atoms with E-state index in [2.05, 4.69) is 14.7 Å². The molecule has 4 nitrogen and oxygen atoms in total. The van der Waals surface area contributed by atoms with Gasteiger partial charge in [-0.05, 0) is 25.0 Å². The Labute approximate surface area is 118 Å². The fraction of sp³-hybridized carbons (Fsp3) is 0.286. The SMILES string of the molecule is Nc1cc(C2CC2)nc(-c2cccc(OC(F)(F)F)c2)n1. The van der Waals surface area contributed by atoms with Gasteiger partial charge in [0.25, 0.3) is 0 Å². The molecule has 0 unspecified atom stereocenters. The minimum Gasteiger partial charge on any atom is -0.406 e. The number of rotatable bonds is 3. The van der Waals surface area contributed by atoms with Crippen molar-refractivity contribution in [2.24, 2.45) is 0 Å². The summed E-state index contributed by atoms with van der Waals surface area (Å²) in [6.45, 7) is 0. The van der Waals surface area contributed by atoms with Crippen LogP contribution in [0, 0.1) is 0 Å². The maximum atomic E-state index is 12.2. The lowest BCUT2D eigenvalue weighted by Gasteiger charge is -2.10. The van der Waals surface area contributed by atoms with Crippen molar-refractivity contribution < 1.29 is 17.9 Å². The number of benzene rings is 1. The number of nitrogens with two attached hydrogens (primary N) is 1. The van der Waals surface area contributed by atoms with E-state index in [-0.39, 0.29) is 5.75 Å². The first-order valence-corrected chi connectivity index (χ1v) is 6.41. The number of nitrogens with zero attached hydrogens (tertiary/aromatic N) is 2. The van der Waals surface area contributed by atoms with Crippen molar-refractivity contribution in [3.63, 3.8) is 0 Å². The van der Waals surface area contributed by atoms with Crippen molar-refractivity contribution in [1.82, 2.24) is 9.97 Å². The average Bonchev–Trinajstić information content (AvgIpc) is 3.20. The first-order chi connectivity index (χ1) is 9.90. The molecule has 110 valence electrons. The van der Waals surface area contributed by atoms with Crippen molar-refractivity contribution >= 4 is 5.82 Å². The van der Waals surface area contributed by atoms with Gasteiger partial charge in [0.2, 0.25) is 0 Å². The molecule has 3 rings (SSSR count). The van der Waals surface area contributed by atoms with Crippen LogP contribution in [0.25, 0.3) is 11.4 Å². The van der Waals surface area contributed by atoms with Crippen LogP contribution >= 0.6 is 0 Å². The van der Waals surface area contributed by atoms with E-state index in [1.165, 1.54) is 18.2 Å². The smallest absolute Gasteiger partial charge is 0.406 e. The van der Waals surface area contributed by atoms with Gasteiger partial charge in [0, 0.05) is 23.2 Å². The van der Waals surface area contributed by atoms with Crippen LogP contribution in [0.3, 0.4) is 0 Å². The molecule has 1 fully saturated rings. The molecule has 21 heavy (non-hydrogen) atoms. The van der Waals surface area contributed by atoms with Gasteiger partial charge in [-0.15, -0.1) is 13.2 Å². The molecule has 0 aliphatic heterocycles. The maximum Gasteiger partial charge on any atom is 0.573 e. The lowest BCUT2D eigenvalue weighted by atomic mass is 10.2. The number of hydrogen-bond acceptors (Lipinski definition) is 4. The molecule has 0 saturated heterocycles. The zero-order valence-electron chi connectivity index (χ0n) is 10.9. The number of alkyl halides is 3. The highest BCUT2D eigenvalue weighted by Gasteiger charge is 2.31. The van der Waals surface area contributed by atoms with Gasteiger partial charge >= 0.3 is 6.36 Å². The zero-order valence-corrected chi connectivity index (χ0v) is 10.9. The monoisotopic (exact) mass is 295 g/mol. The third-order valence-corrected chi connectivity index (χ3v) is 3.09. The third-order valence-electron chi connectivity index (χ3n) is 3.09. The van der Waals surface area contributed by atoms with Gasteiger partial charge in [0.05, 0.1) is 0 Å².